The van der Waals surface area contributed by atoms with E-state index in [1.807, 2.05) is 29.8 Å². The van der Waals surface area contributed by atoms with Crippen LogP contribution < -0.4 is 53.2 Å². The molecule has 0 spiro atoms. The Hall–Kier alpha value is -7.47. The number of carboxylic acid groups (broad SMARTS) is 5. The normalized spacial score (nSPS) is 12.0. The van der Waals surface area contributed by atoms with Gasteiger partial charge in [0.1, 0.15) is 12.1 Å². The maximum Gasteiger partial charge on any atom is 0.305 e. The second kappa shape index (κ2) is 36.1. The average molecular weight is 939 g/mol. The molecule has 0 aliphatic heterocycles. The van der Waals surface area contributed by atoms with Crippen LogP contribution in [-0.2, 0) is 71.9 Å². The fourth-order valence-corrected chi connectivity index (χ4v) is 4.06. The molecule has 0 aliphatic rings. The molecule has 0 aromatic carbocycles. The third-order valence-electron chi connectivity index (χ3n) is 6.73. The van der Waals surface area contributed by atoms with Gasteiger partial charge in [-0.25, -0.2) is 0 Å². The van der Waals surface area contributed by atoms with Crippen molar-refractivity contribution in [3.8, 4) is 0 Å². The van der Waals surface area contributed by atoms with Crippen molar-refractivity contribution >= 4 is 88.9 Å². The van der Waals surface area contributed by atoms with Gasteiger partial charge in [-0.3, -0.25) is 98.5 Å². The molecule has 0 fully saturated rings. The fourth-order valence-electron chi connectivity index (χ4n) is 4.06. The Morgan fingerprint density at radius 2 is 0.585 bits per heavy atom. The Balaban J connectivity index is -0.000000428. The molecule has 5 atom stereocenters. The number of aliphatic carboxylic acids is 5. The van der Waals surface area contributed by atoms with Crippen LogP contribution in [0.4, 0.5) is 0 Å². The first-order chi connectivity index (χ1) is 30.0. The van der Waals surface area contributed by atoms with E-state index in [0.717, 1.165) is 20.8 Å². The molecule has 30 nitrogen and oxygen atoms in total. The van der Waals surface area contributed by atoms with Crippen LogP contribution >= 0.6 is 0 Å². The van der Waals surface area contributed by atoms with Crippen LogP contribution in [0.3, 0.4) is 0 Å². The molecule has 0 bridgehead atoms. The van der Waals surface area contributed by atoms with Crippen LogP contribution in [-0.4, -0.2) is 165 Å². The van der Waals surface area contributed by atoms with Crippen LogP contribution in [0.15, 0.2) is 0 Å². The number of hydrogen-bond donors (Lipinski definition) is 15. The van der Waals surface area contributed by atoms with E-state index in [0.29, 0.717) is 0 Å². The van der Waals surface area contributed by atoms with Gasteiger partial charge >= 0.3 is 29.8 Å². The third kappa shape index (κ3) is 38.0. The molecule has 0 heterocycles. The maximum absolute atomic E-state index is 12.1. The lowest BCUT2D eigenvalue weighted by molar-refractivity contribution is -0.143. The molecule has 0 unspecified atom stereocenters. The van der Waals surface area contributed by atoms with E-state index >= 15 is 0 Å². The van der Waals surface area contributed by atoms with Crippen molar-refractivity contribution in [1.82, 2.24) is 53.2 Å². The number of nitrogens with one attached hydrogen (secondary N) is 10. The lowest BCUT2D eigenvalue weighted by atomic mass is 10.1. The number of hydrogen-bond acceptors (Lipinski definition) is 18. The zero-order chi connectivity index (χ0) is 51.6. The molecule has 368 valence electrons. The van der Waals surface area contributed by atoms with Gasteiger partial charge in [-0.15, -0.1) is 0 Å². The fraction of sp³-hybridized carbons (Fsp3) is 0.571. The Kier molecular flexibility index (Phi) is 35.6. The zero-order valence-corrected chi connectivity index (χ0v) is 36.7. The predicted octanol–water partition coefficient (Wildman–Crippen LogP) is -5.99. The van der Waals surface area contributed by atoms with Gasteiger partial charge < -0.3 is 52.1 Å². The number of rotatable bonds is 24. The molecular weight excluding hydrogens is 880 g/mol. The maximum atomic E-state index is 12.1. The summed E-state index contributed by atoms with van der Waals surface area (Å²) in [5.41, 5.74) is 0. The second-order valence-corrected chi connectivity index (χ2v) is 12.4. The molecule has 0 rings (SSSR count). The molecule has 65 heavy (non-hydrogen) atoms. The van der Waals surface area contributed by atoms with Gasteiger partial charge in [-0.1, -0.05) is 13.8 Å². The number of carboxylic acids is 5. The Morgan fingerprint density at radius 3 is 0.831 bits per heavy atom. The minimum Gasteiger partial charge on any atom is -0.481 e. The minimum absolute atomic E-state index is 0.0569. The molecule has 0 aromatic rings. The summed E-state index contributed by atoms with van der Waals surface area (Å²) in [6.45, 7) is 9.44. The summed E-state index contributed by atoms with van der Waals surface area (Å²) in [6.07, 6.45) is -3.26. The van der Waals surface area contributed by atoms with E-state index in [9.17, 15) is 71.9 Å². The lowest BCUT2D eigenvalue weighted by Gasteiger charge is -2.21. The summed E-state index contributed by atoms with van der Waals surface area (Å²) >= 11 is 0. The van der Waals surface area contributed by atoms with Gasteiger partial charge in [-0.2, -0.15) is 0 Å². The highest BCUT2D eigenvalue weighted by atomic mass is 16.4. The van der Waals surface area contributed by atoms with Crippen LogP contribution in [0.5, 0.6) is 0 Å². The number of carbonyl (C=O) groups excluding carboxylic acids is 10. The molecule has 10 amide bonds. The van der Waals surface area contributed by atoms with E-state index in [4.69, 9.17) is 25.5 Å². The van der Waals surface area contributed by atoms with Gasteiger partial charge in [0.25, 0.3) is 0 Å². The summed E-state index contributed by atoms with van der Waals surface area (Å²) in [4.78, 5) is 166. The van der Waals surface area contributed by atoms with Crippen molar-refractivity contribution < 1.29 is 97.5 Å². The zero-order valence-electron chi connectivity index (χ0n) is 36.7. The first kappa shape index (κ1) is 64.2. The van der Waals surface area contributed by atoms with Gasteiger partial charge in [0, 0.05) is 34.6 Å². The highest BCUT2D eigenvalue weighted by Gasteiger charge is 2.30. The molecule has 0 radical (unpaired) electrons. The number of likely N-dealkylation sites (N-methyl/N-ethyl adjacent to an activating group) is 1. The van der Waals surface area contributed by atoms with Crippen molar-refractivity contribution in [2.75, 3.05) is 20.4 Å². The van der Waals surface area contributed by atoms with Crippen LogP contribution in [0.1, 0.15) is 80.6 Å². The van der Waals surface area contributed by atoms with Crippen LogP contribution in [0.2, 0.25) is 0 Å². The first-order valence-corrected chi connectivity index (χ1v) is 18.8. The topological polar surface area (TPSA) is 477 Å². The largest absolute Gasteiger partial charge is 0.481 e. The number of carbonyl (C=O) groups is 15. The quantitative estimate of drug-likeness (QED) is 0.0401. The van der Waals surface area contributed by atoms with Crippen molar-refractivity contribution in [2.45, 2.75) is 111 Å². The predicted molar refractivity (Wildman–Crippen MR) is 217 cm³/mol. The van der Waals surface area contributed by atoms with E-state index < -0.39 is 145 Å². The average Bonchev–Trinajstić information content (AvgIpc) is 3.15. The molecule has 0 aliphatic carbocycles. The summed E-state index contributed by atoms with van der Waals surface area (Å²) in [6, 6.07) is -6.62. The Morgan fingerprint density at radius 1 is 0.354 bits per heavy atom. The summed E-state index contributed by atoms with van der Waals surface area (Å²) in [5.74, 6) is -13.9. The minimum atomic E-state index is -1.58. The van der Waals surface area contributed by atoms with Gasteiger partial charge in [0.2, 0.25) is 59.1 Å². The SMILES string of the molecule is CC.CC(=O)NCN[C@@H](CC(=O)O)C(=O)NC(C)=O.CC(=O)NCN[C@@H](CC(=O)O)C(=O)N[C@@H](CC(=O)O)C(=O)NC(C)=O.CN[C@@H](CC(=O)O)C(=O)N[C@@H](CC(=O)O)C(=O)NC(C)=O. The van der Waals surface area contributed by atoms with Gasteiger partial charge in [0.15, 0.2) is 0 Å². The molecule has 0 aromatic heterocycles. The number of amides is 10. The van der Waals surface area contributed by atoms with E-state index in [1.54, 1.807) is 0 Å². The monoisotopic (exact) mass is 938 g/mol. The Labute approximate surface area is 370 Å². The molecule has 0 saturated carbocycles. The third-order valence-corrected chi connectivity index (χ3v) is 6.73. The Bertz CT molecular complexity index is 1720. The van der Waals surface area contributed by atoms with Crippen molar-refractivity contribution in [1.29, 1.82) is 0 Å². The highest BCUT2D eigenvalue weighted by molar-refractivity contribution is 6.02. The van der Waals surface area contributed by atoms with Crippen molar-refractivity contribution in [3.63, 3.8) is 0 Å². The van der Waals surface area contributed by atoms with Crippen molar-refractivity contribution in [2.24, 2.45) is 0 Å². The highest BCUT2D eigenvalue weighted by Crippen LogP contribution is 2.00. The standard InChI is InChI=1S/C13H20N4O8.C11H17N3O7.C9H15N3O5.C2H6/c1-6(18)14-5-15-8(3-10(20)21)12(24)17-9(4-11(22)23)13(25)16-7(2)19;1-5(15)13-11(21)7(4-9(18)19)14-10(20)6(12-2)3-8(16)17;1-5(13)10-4-11-7(3-8(15)16)9(17)12-6(2)14;1-2/h8-9,15H,3-5H2,1-2H3,(H,14,18)(H,17,24)(H,20,21)(H,22,23)(H,16,19,25);6-7,12H,3-4H2,1-2H3,(H,14,20)(H,16,17)(H,18,19)(H,13,15,21);7,11H,3-4H2,1-2H3,(H,10,13)(H,15,16)(H,12,14,17);1-2H3/t8-,9-;6-,7-;7-;/m000./s1. The first-order valence-electron chi connectivity index (χ1n) is 18.8. The summed E-state index contributed by atoms with van der Waals surface area (Å²) in [5, 5.41) is 65.4. The summed E-state index contributed by atoms with van der Waals surface area (Å²) < 4.78 is 0. The second-order valence-electron chi connectivity index (χ2n) is 12.4. The smallest absolute Gasteiger partial charge is 0.305 e. The van der Waals surface area contributed by atoms with E-state index in [2.05, 4.69) is 37.2 Å². The number of imide groups is 3. The van der Waals surface area contributed by atoms with Gasteiger partial charge in [0.05, 0.1) is 63.6 Å². The summed E-state index contributed by atoms with van der Waals surface area (Å²) in [7, 11) is 1.34. The van der Waals surface area contributed by atoms with Crippen molar-refractivity contribution in [3.05, 3.63) is 0 Å². The molecule has 0 saturated heterocycles. The lowest BCUT2D eigenvalue weighted by Crippen LogP contribution is -2.55. The molecule has 15 N–H and O–H groups in total. The molecular formula is C35H58N10O20. The van der Waals surface area contributed by atoms with E-state index in [-0.39, 0.29) is 19.2 Å². The van der Waals surface area contributed by atoms with E-state index in [1.165, 1.54) is 20.9 Å². The molecule has 30 heteroatoms. The van der Waals surface area contributed by atoms with Crippen LogP contribution in [0, 0.1) is 0 Å². The van der Waals surface area contributed by atoms with Crippen LogP contribution in [0.25, 0.3) is 0 Å². The van der Waals surface area contributed by atoms with Gasteiger partial charge in [-0.05, 0) is 7.05 Å².